The van der Waals surface area contributed by atoms with Crippen LogP contribution in [-0.2, 0) is 0 Å². The number of hydrogen-bond donors (Lipinski definition) is 2. The maximum Gasteiger partial charge on any atom is 0.462 e. The molecular weight excluding hydrogens is 127 g/mol. The summed E-state index contributed by atoms with van der Waals surface area (Å²) in [7, 11) is -1.14. The summed E-state index contributed by atoms with van der Waals surface area (Å²) in [4.78, 5) is 0. The molecule has 2 unspecified atom stereocenters. The molecule has 2 atom stereocenters. The third kappa shape index (κ3) is 0.676. The van der Waals surface area contributed by atoms with Gasteiger partial charge in [0.25, 0.3) is 0 Å². The van der Waals surface area contributed by atoms with Gasteiger partial charge in [0, 0.05) is 5.31 Å². The summed E-state index contributed by atoms with van der Waals surface area (Å²) >= 11 is 0. The topological polar surface area (TPSA) is 40.5 Å². The van der Waals surface area contributed by atoms with Crippen LogP contribution >= 0.6 is 0 Å². The highest BCUT2D eigenvalue weighted by molar-refractivity contribution is 6.46. The van der Waals surface area contributed by atoms with E-state index in [4.69, 9.17) is 10.0 Å². The van der Waals surface area contributed by atoms with Crippen molar-refractivity contribution in [2.24, 2.45) is 5.92 Å². The molecule has 0 heterocycles. The summed E-state index contributed by atoms with van der Waals surface area (Å²) < 4.78 is 0. The van der Waals surface area contributed by atoms with Crippen molar-refractivity contribution < 1.29 is 10.0 Å². The van der Waals surface area contributed by atoms with Gasteiger partial charge in [-0.2, -0.15) is 0 Å². The normalized spacial score (nSPS) is 42.8. The van der Waals surface area contributed by atoms with Crippen molar-refractivity contribution in [3.8, 4) is 0 Å². The second-order valence-electron chi connectivity index (χ2n) is 3.47. The first-order valence-corrected chi connectivity index (χ1v) is 3.78. The van der Waals surface area contributed by atoms with Gasteiger partial charge in [0.05, 0.1) is 0 Å². The lowest BCUT2D eigenvalue weighted by Gasteiger charge is -2.20. The molecule has 0 aliphatic heterocycles. The van der Waals surface area contributed by atoms with Crippen LogP contribution in [0.5, 0.6) is 0 Å². The summed E-state index contributed by atoms with van der Waals surface area (Å²) in [6.07, 6.45) is 7.12. The van der Waals surface area contributed by atoms with Crippen LogP contribution < -0.4 is 0 Å². The molecule has 1 saturated carbocycles. The molecule has 2 rings (SSSR count). The second kappa shape index (κ2) is 1.86. The quantitative estimate of drug-likeness (QED) is 0.410. The Hall–Kier alpha value is -0.275. The first-order chi connectivity index (χ1) is 4.73. The van der Waals surface area contributed by atoms with Gasteiger partial charge in [-0.25, -0.2) is 0 Å². The van der Waals surface area contributed by atoms with Crippen LogP contribution in [-0.4, -0.2) is 17.2 Å². The van der Waals surface area contributed by atoms with Gasteiger partial charge in [0.2, 0.25) is 0 Å². The third-order valence-electron chi connectivity index (χ3n) is 2.84. The van der Waals surface area contributed by atoms with Crippen molar-refractivity contribution in [2.45, 2.75) is 24.6 Å². The lowest BCUT2D eigenvalue weighted by atomic mass is 9.58. The van der Waals surface area contributed by atoms with E-state index in [9.17, 15) is 0 Å². The molecule has 2 nitrogen and oxygen atoms in total. The molecule has 0 saturated heterocycles. The van der Waals surface area contributed by atoms with Crippen LogP contribution in [0.4, 0.5) is 0 Å². The molecule has 2 N–H and O–H groups in total. The predicted molar refractivity (Wildman–Crippen MR) is 39.4 cm³/mol. The van der Waals surface area contributed by atoms with Crippen molar-refractivity contribution in [3.05, 3.63) is 12.2 Å². The molecule has 3 heteroatoms. The number of fused-ring (bicyclic) bond motifs is 2. The molecule has 54 valence electrons. The molecular formula is C7H11BO2. The minimum absolute atomic E-state index is 0.259. The maximum atomic E-state index is 9.03. The standard InChI is InChI=1S/C7H11BO2/c9-8(10)7-3-1-6(5-7)2-4-7/h1,3,6,9-10H,2,4-5H2. The molecule has 0 spiro atoms. The zero-order valence-corrected chi connectivity index (χ0v) is 5.83. The smallest absolute Gasteiger partial charge is 0.426 e. The molecule has 0 radical (unpaired) electrons. The first-order valence-electron chi connectivity index (χ1n) is 3.78. The van der Waals surface area contributed by atoms with E-state index in [1.54, 1.807) is 0 Å². The highest BCUT2D eigenvalue weighted by Gasteiger charge is 2.48. The monoisotopic (exact) mass is 138 g/mol. The lowest BCUT2D eigenvalue weighted by molar-refractivity contribution is 0.360. The SMILES string of the molecule is OB(O)C12C=CC(CC1)C2. The summed E-state index contributed by atoms with van der Waals surface area (Å²) in [6, 6.07) is 0. The number of rotatable bonds is 1. The van der Waals surface area contributed by atoms with Crippen molar-refractivity contribution in [3.63, 3.8) is 0 Å². The molecule has 0 aromatic heterocycles. The Morgan fingerprint density at radius 3 is 2.50 bits per heavy atom. The highest BCUT2D eigenvalue weighted by atomic mass is 16.4. The lowest BCUT2D eigenvalue weighted by Crippen LogP contribution is -2.28. The second-order valence-corrected chi connectivity index (χ2v) is 3.47. The molecule has 0 aromatic rings. The van der Waals surface area contributed by atoms with Gasteiger partial charge in [0.15, 0.2) is 0 Å². The van der Waals surface area contributed by atoms with E-state index in [1.807, 2.05) is 6.08 Å². The Bertz CT molecular complexity index is 178. The van der Waals surface area contributed by atoms with E-state index >= 15 is 0 Å². The third-order valence-corrected chi connectivity index (χ3v) is 2.84. The average Bonchev–Trinajstić information content (AvgIpc) is 2.45. The predicted octanol–water partition coefficient (Wildman–Crippen LogP) is 0.570. The van der Waals surface area contributed by atoms with Gasteiger partial charge >= 0.3 is 7.12 Å². The van der Waals surface area contributed by atoms with Crippen LogP contribution in [0.1, 0.15) is 19.3 Å². The maximum absolute atomic E-state index is 9.03. The molecule has 2 aliphatic rings. The Morgan fingerprint density at radius 2 is 2.30 bits per heavy atom. The molecule has 0 aromatic carbocycles. The van der Waals surface area contributed by atoms with Crippen LogP contribution in [0.2, 0.25) is 5.31 Å². The zero-order valence-electron chi connectivity index (χ0n) is 5.83. The largest absolute Gasteiger partial charge is 0.462 e. The summed E-state index contributed by atoms with van der Waals surface area (Å²) in [5, 5.41) is 17.8. The molecule has 2 aliphatic carbocycles. The van der Waals surface area contributed by atoms with Crippen LogP contribution in [0, 0.1) is 5.92 Å². The molecule has 1 fully saturated rings. The Labute approximate surface area is 60.7 Å². The molecule has 2 bridgehead atoms. The number of allylic oxidation sites excluding steroid dienone is 2. The van der Waals surface area contributed by atoms with Crippen molar-refractivity contribution in [1.29, 1.82) is 0 Å². The van der Waals surface area contributed by atoms with Crippen molar-refractivity contribution in [2.75, 3.05) is 0 Å². The fraction of sp³-hybridized carbons (Fsp3) is 0.714. The van der Waals surface area contributed by atoms with E-state index in [1.165, 1.54) is 0 Å². The van der Waals surface area contributed by atoms with E-state index < -0.39 is 7.12 Å². The number of hydrogen-bond acceptors (Lipinski definition) is 2. The summed E-state index contributed by atoms with van der Waals surface area (Å²) in [5.74, 6) is 0.627. The van der Waals surface area contributed by atoms with Gasteiger partial charge in [-0.1, -0.05) is 12.2 Å². The van der Waals surface area contributed by atoms with Crippen LogP contribution in [0.25, 0.3) is 0 Å². The van der Waals surface area contributed by atoms with E-state index in [0.29, 0.717) is 5.92 Å². The highest BCUT2D eigenvalue weighted by Crippen LogP contribution is 2.55. The minimum atomic E-state index is -1.14. The van der Waals surface area contributed by atoms with E-state index in [-0.39, 0.29) is 5.31 Å². The van der Waals surface area contributed by atoms with Crippen LogP contribution in [0.3, 0.4) is 0 Å². The fourth-order valence-electron chi connectivity index (χ4n) is 2.11. The van der Waals surface area contributed by atoms with E-state index in [2.05, 4.69) is 6.08 Å². The van der Waals surface area contributed by atoms with Gasteiger partial charge in [-0.05, 0) is 25.2 Å². The van der Waals surface area contributed by atoms with Gasteiger partial charge < -0.3 is 10.0 Å². The molecule has 0 amide bonds. The van der Waals surface area contributed by atoms with E-state index in [0.717, 1.165) is 19.3 Å². The van der Waals surface area contributed by atoms with Gasteiger partial charge in [-0.3, -0.25) is 0 Å². The Balaban J connectivity index is 2.24. The fourth-order valence-corrected chi connectivity index (χ4v) is 2.11. The summed E-state index contributed by atoms with van der Waals surface area (Å²) in [5.41, 5.74) is 0. The summed E-state index contributed by atoms with van der Waals surface area (Å²) in [6.45, 7) is 0. The average molecular weight is 138 g/mol. The zero-order chi connectivity index (χ0) is 7.19. The Kier molecular flexibility index (Phi) is 1.20. The molecule has 10 heavy (non-hydrogen) atoms. The minimum Gasteiger partial charge on any atom is -0.426 e. The van der Waals surface area contributed by atoms with Gasteiger partial charge in [0.1, 0.15) is 0 Å². The van der Waals surface area contributed by atoms with Crippen molar-refractivity contribution in [1.82, 2.24) is 0 Å². The first kappa shape index (κ1) is 6.44. The van der Waals surface area contributed by atoms with Crippen molar-refractivity contribution >= 4 is 7.12 Å². The van der Waals surface area contributed by atoms with Gasteiger partial charge in [-0.15, -0.1) is 0 Å². The Morgan fingerprint density at radius 1 is 1.50 bits per heavy atom. The van der Waals surface area contributed by atoms with Crippen LogP contribution in [0.15, 0.2) is 12.2 Å².